The highest BCUT2D eigenvalue weighted by atomic mass is 19.4. The van der Waals surface area contributed by atoms with E-state index < -0.39 is 47.4 Å². The Morgan fingerprint density at radius 1 is 1.10 bits per heavy atom. The summed E-state index contributed by atoms with van der Waals surface area (Å²) >= 11 is 0. The van der Waals surface area contributed by atoms with E-state index >= 15 is 0 Å². The number of aromatic nitrogens is 2. The largest absolute Gasteiger partial charge is 0.463 e. The van der Waals surface area contributed by atoms with E-state index in [-0.39, 0.29) is 26.1 Å². The van der Waals surface area contributed by atoms with Gasteiger partial charge in [-0.25, -0.2) is 4.79 Å². The van der Waals surface area contributed by atoms with Gasteiger partial charge in [-0.15, -0.1) is 6.42 Å². The van der Waals surface area contributed by atoms with Crippen LogP contribution in [0.2, 0.25) is 0 Å². The average molecular weight is 595 g/mol. The summed E-state index contributed by atoms with van der Waals surface area (Å²) in [4.78, 5) is 37.7. The normalized spacial score (nSPS) is 19.3. The summed E-state index contributed by atoms with van der Waals surface area (Å²) in [5.41, 5.74) is -4.14. The van der Waals surface area contributed by atoms with Gasteiger partial charge in [0.05, 0.1) is 6.10 Å². The number of carbonyl (C=O) groups excluding carboxylic acids is 1. The Labute approximate surface area is 244 Å². The first-order valence-corrected chi connectivity index (χ1v) is 14.4. The standard InChI is InChI=1S/C31H41F3N2O6/c1-3-5-6-7-8-9-10-11-12-13-14-15-16-17-18-19-28(37)41-23-26-25(40-20-4-2)21-27(42-26)36-22-24(31(32,33)34)29(38)35-30(36)39/h2,7-12,22,25-27H,3,5-6,13-21,23H2,1H3,(H,35,38,39)/t25-,26+,27+/m0/s1. The number of alkyl halides is 3. The molecular weight excluding hydrogens is 553 g/mol. The van der Waals surface area contributed by atoms with Crippen LogP contribution in [-0.2, 0) is 25.2 Å². The van der Waals surface area contributed by atoms with E-state index in [4.69, 9.17) is 20.6 Å². The molecule has 1 aliphatic heterocycles. The second kappa shape index (κ2) is 18.9. The fourth-order valence-corrected chi connectivity index (χ4v) is 4.36. The first-order chi connectivity index (χ1) is 20.2. The number of H-pyrrole nitrogens is 1. The molecule has 0 aliphatic carbocycles. The molecule has 0 aromatic carbocycles. The van der Waals surface area contributed by atoms with Gasteiger partial charge >= 0.3 is 17.8 Å². The van der Waals surface area contributed by atoms with Crippen molar-refractivity contribution in [3.05, 3.63) is 69.1 Å². The Hall–Kier alpha value is -3.36. The maximum atomic E-state index is 13.2. The van der Waals surface area contributed by atoms with E-state index in [9.17, 15) is 27.6 Å². The van der Waals surface area contributed by atoms with E-state index in [1.165, 1.54) is 12.8 Å². The SMILES string of the molecule is C#CCO[C@H]1C[C@H](n2cc(C(F)(F)F)c(=O)[nH]c2=O)O[C@@H]1COC(=O)CCCCCCCC=CC=CC=CCCCC. The summed E-state index contributed by atoms with van der Waals surface area (Å²) in [6.07, 6.45) is 19.8. The van der Waals surface area contributed by atoms with Crippen LogP contribution in [-0.4, -0.2) is 40.9 Å². The van der Waals surface area contributed by atoms with Gasteiger partial charge in [0.1, 0.15) is 31.1 Å². The molecule has 2 heterocycles. The summed E-state index contributed by atoms with van der Waals surface area (Å²) in [6.45, 7) is 1.85. The number of rotatable bonds is 18. The Balaban J connectivity index is 1.72. The van der Waals surface area contributed by atoms with Crippen LogP contribution in [0.4, 0.5) is 13.2 Å². The smallest absolute Gasteiger partial charge is 0.423 e. The summed E-state index contributed by atoms with van der Waals surface area (Å²) in [5.74, 6) is 1.86. The second-order valence-electron chi connectivity index (χ2n) is 10.00. The van der Waals surface area contributed by atoms with Crippen molar-refractivity contribution in [2.45, 2.75) is 102 Å². The zero-order chi connectivity index (χ0) is 30.8. The van der Waals surface area contributed by atoms with E-state index in [2.05, 4.69) is 37.1 Å². The molecule has 0 radical (unpaired) electrons. The minimum atomic E-state index is -4.96. The van der Waals surface area contributed by atoms with Crippen LogP contribution in [0.15, 0.2) is 52.2 Å². The Kier molecular flexibility index (Phi) is 15.7. The highest BCUT2D eigenvalue weighted by molar-refractivity contribution is 5.69. The number of hydrogen-bond donors (Lipinski definition) is 1. The molecule has 42 heavy (non-hydrogen) atoms. The third-order valence-corrected chi connectivity index (χ3v) is 6.63. The number of terminal acetylenes is 1. The summed E-state index contributed by atoms with van der Waals surface area (Å²) in [5, 5.41) is 0. The fourth-order valence-electron chi connectivity index (χ4n) is 4.36. The van der Waals surface area contributed by atoms with Crippen LogP contribution in [0, 0.1) is 12.3 Å². The molecule has 1 saturated heterocycles. The molecule has 3 atom stereocenters. The Morgan fingerprint density at radius 3 is 2.43 bits per heavy atom. The molecule has 11 heteroatoms. The first-order valence-electron chi connectivity index (χ1n) is 14.4. The fraction of sp³-hybridized carbons (Fsp3) is 0.581. The molecule has 232 valence electrons. The number of nitrogens with zero attached hydrogens (tertiary/aromatic N) is 1. The van der Waals surface area contributed by atoms with Gasteiger partial charge in [0.2, 0.25) is 0 Å². The first kappa shape index (κ1) is 34.8. The Bertz CT molecular complexity index is 1210. The Morgan fingerprint density at radius 2 is 1.76 bits per heavy atom. The van der Waals surface area contributed by atoms with Crippen LogP contribution >= 0.6 is 0 Å². The lowest BCUT2D eigenvalue weighted by molar-refractivity contribution is -0.151. The average Bonchev–Trinajstić information content (AvgIpc) is 3.34. The van der Waals surface area contributed by atoms with E-state index in [1.807, 2.05) is 12.2 Å². The molecular formula is C31H41F3N2O6. The summed E-state index contributed by atoms with van der Waals surface area (Å²) in [6, 6.07) is 0. The van der Waals surface area contributed by atoms with E-state index in [1.54, 1.807) is 4.98 Å². The third-order valence-electron chi connectivity index (χ3n) is 6.63. The second-order valence-corrected chi connectivity index (χ2v) is 10.00. The van der Waals surface area contributed by atoms with Crippen molar-refractivity contribution in [2.24, 2.45) is 0 Å². The molecule has 1 aromatic rings. The van der Waals surface area contributed by atoms with Gasteiger partial charge in [0, 0.05) is 19.0 Å². The third kappa shape index (κ3) is 12.7. The van der Waals surface area contributed by atoms with Crippen molar-refractivity contribution < 1.29 is 32.2 Å². The lowest BCUT2D eigenvalue weighted by Gasteiger charge is -2.18. The minimum Gasteiger partial charge on any atom is -0.463 e. The number of halogens is 3. The van der Waals surface area contributed by atoms with Gasteiger partial charge in [-0.05, 0) is 25.7 Å². The van der Waals surface area contributed by atoms with Gasteiger partial charge < -0.3 is 14.2 Å². The minimum absolute atomic E-state index is 0.0330. The summed E-state index contributed by atoms with van der Waals surface area (Å²) < 4.78 is 56.8. The molecule has 1 N–H and O–H groups in total. The monoisotopic (exact) mass is 594 g/mol. The van der Waals surface area contributed by atoms with Crippen LogP contribution < -0.4 is 11.2 Å². The van der Waals surface area contributed by atoms with Crippen molar-refractivity contribution in [1.29, 1.82) is 0 Å². The predicted octanol–water partition coefficient (Wildman–Crippen LogP) is 5.99. The number of unbranched alkanes of at least 4 members (excludes halogenated alkanes) is 7. The highest BCUT2D eigenvalue weighted by Crippen LogP contribution is 2.32. The van der Waals surface area contributed by atoms with E-state index in [0.717, 1.165) is 38.5 Å². The van der Waals surface area contributed by atoms with Crippen molar-refractivity contribution in [3.8, 4) is 12.3 Å². The van der Waals surface area contributed by atoms with Crippen molar-refractivity contribution in [2.75, 3.05) is 13.2 Å². The van der Waals surface area contributed by atoms with Crippen LogP contribution in [0.5, 0.6) is 0 Å². The molecule has 8 nitrogen and oxygen atoms in total. The van der Waals surface area contributed by atoms with Crippen LogP contribution in [0.25, 0.3) is 0 Å². The maximum absolute atomic E-state index is 13.2. The van der Waals surface area contributed by atoms with Gasteiger partial charge in [0.15, 0.2) is 0 Å². The number of esters is 1. The summed E-state index contributed by atoms with van der Waals surface area (Å²) in [7, 11) is 0. The van der Waals surface area contributed by atoms with Crippen LogP contribution in [0.1, 0.15) is 89.3 Å². The van der Waals surface area contributed by atoms with Gasteiger partial charge in [0.25, 0.3) is 5.56 Å². The number of carbonyl (C=O) groups is 1. The van der Waals surface area contributed by atoms with Gasteiger partial charge in [-0.1, -0.05) is 81.4 Å². The van der Waals surface area contributed by atoms with Crippen molar-refractivity contribution in [1.82, 2.24) is 9.55 Å². The lowest BCUT2D eigenvalue weighted by atomic mass is 10.1. The molecule has 0 spiro atoms. The quantitative estimate of drug-likeness (QED) is 0.0970. The number of aromatic amines is 1. The molecule has 1 aliphatic rings. The van der Waals surface area contributed by atoms with Crippen molar-refractivity contribution in [3.63, 3.8) is 0 Å². The maximum Gasteiger partial charge on any atom is 0.423 e. The highest BCUT2D eigenvalue weighted by Gasteiger charge is 2.40. The number of allylic oxidation sites excluding steroid dienone is 6. The van der Waals surface area contributed by atoms with Crippen molar-refractivity contribution >= 4 is 5.97 Å². The lowest BCUT2D eigenvalue weighted by Crippen LogP contribution is -2.36. The van der Waals surface area contributed by atoms with Crippen LogP contribution in [0.3, 0.4) is 0 Å². The zero-order valence-corrected chi connectivity index (χ0v) is 24.1. The molecule has 2 rings (SSSR count). The molecule has 0 unspecified atom stereocenters. The molecule has 1 fully saturated rings. The molecule has 1 aromatic heterocycles. The predicted molar refractivity (Wildman–Crippen MR) is 154 cm³/mol. The number of hydrogen-bond acceptors (Lipinski definition) is 6. The van der Waals surface area contributed by atoms with Gasteiger partial charge in [-0.3, -0.25) is 19.1 Å². The van der Waals surface area contributed by atoms with Gasteiger partial charge in [-0.2, -0.15) is 13.2 Å². The van der Waals surface area contributed by atoms with E-state index in [0.29, 0.717) is 17.2 Å². The molecule has 0 saturated carbocycles. The number of nitrogens with one attached hydrogen (secondary N) is 1. The zero-order valence-electron chi connectivity index (χ0n) is 24.1. The molecule has 0 bridgehead atoms. The molecule has 0 amide bonds. The topological polar surface area (TPSA) is 99.6 Å². The number of ether oxygens (including phenoxy) is 3.